The molecule has 5 aliphatic rings. The molecule has 0 aliphatic heterocycles. The molecule has 172 valence electrons. The topological polar surface area (TPSA) is 20.2 Å². The standard InChI is InChI=1S/C29H50O/c1-18(24-16-20(24)3)6-7-19(2)25-10-11-26-23-9-8-21-17-22(30)12-14-28(21,4)27(23)13-15-29(25,26)5/h18-27,30H,6-17H2,1-5H3/t18-,19-,20-,21-,22-,23?,24+,25?,26?,27?,28+,29-/m1/s1. The molecule has 12 atom stereocenters. The van der Waals surface area contributed by atoms with Crippen molar-refractivity contribution in [2.75, 3.05) is 0 Å². The summed E-state index contributed by atoms with van der Waals surface area (Å²) in [4.78, 5) is 0. The molecule has 5 fully saturated rings. The predicted molar refractivity (Wildman–Crippen MR) is 126 cm³/mol. The zero-order valence-electron chi connectivity index (χ0n) is 20.7. The van der Waals surface area contributed by atoms with Crippen molar-refractivity contribution in [3.05, 3.63) is 0 Å². The van der Waals surface area contributed by atoms with Gasteiger partial charge < -0.3 is 5.11 Å². The SMILES string of the molecule is C[C@H](CC[C@@H](C)[C@@H]1C[C@H]1C)C1CCC2C3CC[C@@H]4C[C@H](O)CC[C@]4(C)C3CC[C@@]21C. The summed E-state index contributed by atoms with van der Waals surface area (Å²) < 4.78 is 0. The van der Waals surface area contributed by atoms with Crippen LogP contribution >= 0.6 is 0 Å². The summed E-state index contributed by atoms with van der Waals surface area (Å²) in [5.41, 5.74) is 1.15. The molecule has 0 spiro atoms. The fourth-order valence-corrected chi connectivity index (χ4v) is 10.3. The largest absolute Gasteiger partial charge is 0.393 e. The number of hydrogen-bond acceptors (Lipinski definition) is 1. The highest BCUT2D eigenvalue weighted by Crippen LogP contribution is 2.68. The van der Waals surface area contributed by atoms with Crippen LogP contribution in [0.5, 0.6) is 0 Å². The maximum Gasteiger partial charge on any atom is 0.0543 e. The lowest BCUT2D eigenvalue weighted by Gasteiger charge is -2.61. The molecular formula is C29H50O. The zero-order chi connectivity index (χ0) is 21.3. The van der Waals surface area contributed by atoms with E-state index in [-0.39, 0.29) is 6.10 Å². The molecule has 1 heteroatoms. The molecule has 4 unspecified atom stereocenters. The second-order valence-electron chi connectivity index (χ2n) is 13.7. The van der Waals surface area contributed by atoms with Gasteiger partial charge in [-0.2, -0.15) is 0 Å². The molecule has 0 aromatic heterocycles. The molecule has 1 nitrogen and oxygen atoms in total. The molecule has 0 saturated heterocycles. The average Bonchev–Trinajstić information content (AvgIpc) is 3.33. The van der Waals surface area contributed by atoms with Gasteiger partial charge in [-0.25, -0.2) is 0 Å². The van der Waals surface area contributed by atoms with Gasteiger partial charge in [-0.3, -0.25) is 0 Å². The molecule has 0 amide bonds. The molecule has 5 rings (SSSR count). The van der Waals surface area contributed by atoms with Crippen LogP contribution in [0.1, 0.15) is 112 Å². The van der Waals surface area contributed by atoms with Crippen LogP contribution in [0.25, 0.3) is 0 Å². The Morgan fingerprint density at radius 3 is 2.20 bits per heavy atom. The quantitative estimate of drug-likeness (QED) is 0.488. The van der Waals surface area contributed by atoms with Gasteiger partial charge in [0, 0.05) is 0 Å². The normalized spacial score (nSPS) is 54.6. The van der Waals surface area contributed by atoms with Gasteiger partial charge in [0.15, 0.2) is 0 Å². The highest BCUT2D eigenvalue weighted by Gasteiger charge is 2.60. The summed E-state index contributed by atoms with van der Waals surface area (Å²) in [7, 11) is 0. The van der Waals surface area contributed by atoms with E-state index in [1.807, 2.05) is 0 Å². The zero-order valence-corrected chi connectivity index (χ0v) is 20.7. The molecule has 0 radical (unpaired) electrons. The third-order valence-corrected chi connectivity index (χ3v) is 12.4. The Morgan fingerprint density at radius 2 is 1.47 bits per heavy atom. The van der Waals surface area contributed by atoms with E-state index in [1.54, 1.807) is 0 Å². The van der Waals surface area contributed by atoms with Crippen molar-refractivity contribution in [3.8, 4) is 0 Å². The predicted octanol–water partition coefficient (Wildman–Crippen LogP) is 7.71. The third-order valence-electron chi connectivity index (χ3n) is 12.4. The van der Waals surface area contributed by atoms with Gasteiger partial charge in [-0.15, -0.1) is 0 Å². The van der Waals surface area contributed by atoms with E-state index in [0.29, 0.717) is 10.8 Å². The minimum absolute atomic E-state index is 0.00814. The Bertz CT molecular complexity index is 628. The minimum Gasteiger partial charge on any atom is -0.393 e. The van der Waals surface area contributed by atoms with E-state index in [1.165, 1.54) is 64.2 Å². The third kappa shape index (κ3) is 3.43. The molecule has 1 N–H and O–H groups in total. The fraction of sp³-hybridized carbons (Fsp3) is 1.00. The smallest absolute Gasteiger partial charge is 0.0543 e. The lowest BCUT2D eigenvalue weighted by molar-refractivity contribution is -0.129. The van der Waals surface area contributed by atoms with Crippen LogP contribution in [0.2, 0.25) is 0 Å². The van der Waals surface area contributed by atoms with Gasteiger partial charge in [-0.1, -0.05) is 47.5 Å². The average molecular weight is 415 g/mol. The van der Waals surface area contributed by atoms with Crippen molar-refractivity contribution in [1.29, 1.82) is 0 Å². The van der Waals surface area contributed by atoms with E-state index < -0.39 is 0 Å². The second-order valence-corrected chi connectivity index (χ2v) is 13.7. The van der Waals surface area contributed by atoms with Crippen LogP contribution in [0.15, 0.2) is 0 Å². The molecular weight excluding hydrogens is 364 g/mol. The van der Waals surface area contributed by atoms with Crippen molar-refractivity contribution in [3.63, 3.8) is 0 Å². The molecule has 5 saturated carbocycles. The molecule has 0 aromatic carbocycles. The summed E-state index contributed by atoms with van der Waals surface area (Å²) in [5.74, 6) is 8.65. The van der Waals surface area contributed by atoms with Crippen LogP contribution in [-0.2, 0) is 0 Å². The van der Waals surface area contributed by atoms with Crippen molar-refractivity contribution in [2.45, 2.75) is 118 Å². The monoisotopic (exact) mass is 414 g/mol. The minimum atomic E-state index is -0.00814. The molecule has 0 heterocycles. The summed E-state index contributed by atoms with van der Waals surface area (Å²) in [5, 5.41) is 10.3. The Morgan fingerprint density at radius 1 is 0.800 bits per heavy atom. The Kier molecular flexibility index (Phi) is 5.65. The number of aliphatic hydroxyl groups is 1. The van der Waals surface area contributed by atoms with Gasteiger partial charge in [0.05, 0.1) is 6.10 Å². The summed E-state index contributed by atoms with van der Waals surface area (Å²) in [6, 6.07) is 0. The molecule has 30 heavy (non-hydrogen) atoms. The fourth-order valence-electron chi connectivity index (χ4n) is 10.3. The first-order valence-corrected chi connectivity index (χ1v) is 13.9. The first kappa shape index (κ1) is 21.8. The lowest BCUT2D eigenvalue weighted by atomic mass is 9.44. The van der Waals surface area contributed by atoms with Gasteiger partial charge in [0.2, 0.25) is 0 Å². The van der Waals surface area contributed by atoms with Gasteiger partial charge in [-0.05, 0) is 128 Å². The molecule has 5 aliphatic carbocycles. The summed E-state index contributed by atoms with van der Waals surface area (Å²) in [6.07, 6.45) is 16.8. The Labute approximate surface area is 187 Å². The molecule has 0 bridgehead atoms. The number of fused-ring (bicyclic) bond motifs is 5. The van der Waals surface area contributed by atoms with Crippen molar-refractivity contribution >= 4 is 0 Å². The highest BCUT2D eigenvalue weighted by molar-refractivity contribution is 5.09. The van der Waals surface area contributed by atoms with Gasteiger partial charge in [0.1, 0.15) is 0 Å². The lowest BCUT2D eigenvalue weighted by Crippen LogP contribution is -2.54. The van der Waals surface area contributed by atoms with Crippen LogP contribution in [0.4, 0.5) is 0 Å². The Hall–Kier alpha value is -0.0400. The second kappa shape index (κ2) is 7.78. The van der Waals surface area contributed by atoms with Crippen molar-refractivity contribution < 1.29 is 5.11 Å². The van der Waals surface area contributed by atoms with E-state index in [0.717, 1.165) is 66.1 Å². The van der Waals surface area contributed by atoms with Crippen LogP contribution in [-0.4, -0.2) is 11.2 Å². The maximum absolute atomic E-state index is 10.3. The van der Waals surface area contributed by atoms with Crippen LogP contribution < -0.4 is 0 Å². The first-order valence-electron chi connectivity index (χ1n) is 13.9. The van der Waals surface area contributed by atoms with Crippen LogP contribution in [0.3, 0.4) is 0 Å². The van der Waals surface area contributed by atoms with Gasteiger partial charge >= 0.3 is 0 Å². The van der Waals surface area contributed by atoms with Gasteiger partial charge in [0.25, 0.3) is 0 Å². The van der Waals surface area contributed by atoms with Crippen LogP contribution in [0, 0.1) is 64.1 Å². The number of hydrogen-bond donors (Lipinski definition) is 1. The number of rotatable bonds is 5. The first-order chi connectivity index (χ1) is 14.2. The maximum atomic E-state index is 10.3. The summed E-state index contributed by atoms with van der Waals surface area (Å²) in [6.45, 7) is 13.0. The van der Waals surface area contributed by atoms with E-state index in [2.05, 4.69) is 34.6 Å². The summed E-state index contributed by atoms with van der Waals surface area (Å²) >= 11 is 0. The molecule has 0 aromatic rings. The van der Waals surface area contributed by atoms with Crippen molar-refractivity contribution in [1.82, 2.24) is 0 Å². The van der Waals surface area contributed by atoms with E-state index >= 15 is 0 Å². The van der Waals surface area contributed by atoms with E-state index in [4.69, 9.17) is 0 Å². The Balaban J connectivity index is 1.26. The number of aliphatic hydroxyl groups excluding tert-OH is 1. The highest BCUT2D eigenvalue weighted by atomic mass is 16.3. The van der Waals surface area contributed by atoms with Crippen molar-refractivity contribution in [2.24, 2.45) is 64.1 Å². The van der Waals surface area contributed by atoms with E-state index in [9.17, 15) is 5.11 Å².